The van der Waals surface area contributed by atoms with E-state index in [9.17, 15) is 13.2 Å². The van der Waals surface area contributed by atoms with Gasteiger partial charge in [0.05, 0.1) is 23.7 Å². The minimum absolute atomic E-state index is 0.0233. The highest BCUT2D eigenvalue weighted by Crippen LogP contribution is 2.26. The van der Waals surface area contributed by atoms with Gasteiger partial charge in [-0.1, -0.05) is 42.5 Å². The number of carbonyl (C=O) groups is 1. The molecule has 0 aliphatic carbocycles. The molecule has 166 valence electrons. The van der Waals surface area contributed by atoms with E-state index in [1.165, 1.54) is 17.2 Å². The number of sulfone groups is 1. The average molecular weight is 450 g/mol. The van der Waals surface area contributed by atoms with Crippen molar-refractivity contribution in [1.82, 2.24) is 14.7 Å². The van der Waals surface area contributed by atoms with E-state index in [0.29, 0.717) is 6.54 Å². The van der Waals surface area contributed by atoms with Crippen molar-refractivity contribution in [3.63, 3.8) is 0 Å². The van der Waals surface area contributed by atoms with Crippen LogP contribution in [0.2, 0.25) is 0 Å². The second-order valence-electron chi connectivity index (χ2n) is 8.23. The lowest BCUT2D eigenvalue weighted by Gasteiger charge is -2.25. The summed E-state index contributed by atoms with van der Waals surface area (Å²) in [6, 6.07) is 16.3. The van der Waals surface area contributed by atoms with Gasteiger partial charge >= 0.3 is 0 Å². The van der Waals surface area contributed by atoms with Crippen LogP contribution in [0.3, 0.4) is 0 Å². The van der Waals surface area contributed by atoms with Gasteiger partial charge in [0.15, 0.2) is 9.84 Å². The number of aromatic nitrogens is 2. The number of rotatable bonds is 5. The van der Waals surface area contributed by atoms with E-state index < -0.39 is 9.84 Å². The molecule has 0 N–H and O–H groups in total. The Balaban J connectivity index is 1.62. The summed E-state index contributed by atoms with van der Waals surface area (Å²) in [5.74, 6) is -0.132. The summed E-state index contributed by atoms with van der Waals surface area (Å²) < 4.78 is 25.2. The Morgan fingerprint density at radius 3 is 2.44 bits per heavy atom. The van der Waals surface area contributed by atoms with E-state index >= 15 is 0 Å². The molecule has 1 amide bonds. The Hall–Kier alpha value is -3.19. The van der Waals surface area contributed by atoms with Gasteiger partial charge in [-0.05, 0) is 42.7 Å². The first-order valence-corrected chi connectivity index (χ1v) is 12.5. The minimum Gasteiger partial charge on any atom is -0.337 e. The van der Waals surface area contributed by atoms with Gasteiger partial charge in [-0.25, -0.2) is 8.42 Å². The zero-order chi connectivity index (χ0) is 22.7. The van der Waals surface area contributed by atoms with Crippen LogP contribution in [0, 0.1) is 13.8 Å². The SMILES string of the molecule is Cc1ccc(-c2nn(Cc3ccccc3)cc2/C=C/C(=O)N2CCS(=O)(=O)CC2)cc1C. The second kappa shape index (κ2) is 9.12. The van der Waals surface area contributed by atoms with E-state index in [2.05, 4.69) is 38.1 Å². The quantitative estimate of drug-likeness (QED) is 0.559. The molecule has 1 aliphatic heterocycles. The van der Waals surface area contributed by atoms with Crippen molar-refractivity contribution < 1.29 is 13.2 Å². The van der Waals surface area contributed by atoms with Crippen molar-refractivity contribution in [2.75, 3.05) is 24.6 Å². The number of aryl methyl sites for hydroxylation is 2. The number of hydrogen-bond acceptors (Lipinski definition) is 4. The average Bonchev–Trinajstić information content (AvgIpc) is 3.17. The van der Waals surface area contributed by atoms with Crippen LogP contribution < -0.4 is 0 Å². The molecule has 1 fully saturated rings. The highest BCUT2D eigenvalue weighted by Gasteiger charge is 2.23. The van der Waals surface area contributed by atoms with Crippen molar-refractivity contribution in [3.05, 3.63) is 83.1 Å². The molecule has 6 nitrogen and oxygen atoms in total. The van der Waals surface area contributed by atoms with Crippen LogP contribution in [-0.2, 0) is 21.2 Å². The number of carbonyl (C=O) groups excluding carboxylic acids is 1. The molecule has 4 rings (SSSR count). The van der Waals surface area contributed by atoms with Crippen LogP contribution in [0.5, 0.6) is 0 Å². The summed E-state index contributed by atoms with van der Waals surface area (Å²) in [5, 5.41) is 4.82. The molecule has 1 aliphatic rings. The van der Waals surface area contributed by atoms with Crippen molar-refractivity contribution in [3.8, 4) is 11.3 Å². The van der Waals surface area contributed by atoms with Crippen LogP contribution in [0.1, 0.15) is 22.3 Å². The Morgan fingerprint density at radius 1 is 1.03 bits per heavy atom. The van der Waals surface area contributed by atoms with E-state index in [4.69, 9.17) is 5.10 Å². The van der Waals surface area contributed by atoms with Crippen LogP contribution >= 0.6 is 0 Å². The molecule has 1 aromatic heterocycles. The van der Waals surface area contributed by atoms with Gasteiger partial charge in [0.1, 0.15) is 0 Å². The molecule has 0 atom stereocenters. The molecule has 0 spiro atoms. The van der Waals surface area contributed by atoms with Crippen LogP contribution in [0.4, 0.5) is 0 Å². The van der Waals surface area contributed by atoms with Crippen molar-refractivity contribution in [2.24, 2.45) is 0 Å². The number of nitrogens with zero attached hydrogens (tertiary/aromatic N) is 3. The smallest absolute Gasteiger partial charge is 0.246 e. The standard InChI is InChI=1S/C25H27N3O3S/c1-19-8-9-22(16-20(19)2)25-23(18-28(26-25)17-21-6-4-3-5-7-21)10-11-24(29)27-12-14-32(30,31)15-13-27/h3-11,16,18H,12-15,17H2,1-2H3/b11-10+. The van der Waals surface area contributed by atoms with E-state index in [1.807, 2.05) is 35.1 Å². The highest BCUT2D eigenvalue weighted by atomic mass is 32.2. The maximum absolute atomic E-state index is 12.6. The molecular formula is C25H27N3O3S. The normalized spacial score (nSPS) is 15.9. The van der Waals surface area contributed by atoms with Crippen molar-refractivity contribution in [2.45, 2.75) is 20.4 Å². The highest BCUT2D eigenvalue weighted by molar-refractivity contribution is 7.91. The summed E-state index contributed by atoms with van der Waals surface area (Å²) in [6.45, 7) is 5.25. The van der Waals surface area contributed by atoms with Crippen molar-refractivity contribution >= 4 is 21.8 Å². The van der Waals surface area contributed by atoms with Crippen LogP contribution in [0.25, 0.3) is 17.3 Å². The lowest BCUT2D eigenvalue weighted by molar-refractivity contribution is -0.125. The number of hydrogen-bond donors (Lipinski definition) is 0. The molecule has 1 saturated heterocycles. The zero-order valence-corrected chi connectivity index (χ0v) is 19.2. The van der Waals surface area contributed by atoms with E-state index in [1.54, 1.807) is 11.0 Å². The van der Waals surface area contributed by atoms with Gasteiger partial charge in [0.25, 0.3) is 0 Å². The fourth-order valence-electron chi connectivity index (χ4n) is 3.72. The Morgan fingerprint density at radius 2 is 1.75 bits per heavy atom. The van der Waals surface area contributed by atoms with E-state index in [-0.39, 0.29) is 30.5 Å². The minimum atomic E-state index is -3.02. The summed E-state index contributed by atoms with van der Waals surface area (Å²) in [5.41, 5.74) is 6.20. The van der Waals surface area contributed by atoms with Gasteiger partial charge < -0.3 is 4.90 Å². The molecule has 32 heavy (non-hydrogen) atoms. The molecular weight excluding hydrogens is 422 g/mol. The maximum atomic E-state index is 12.6. The largest absolute Gasteiger partial charge is 0.337 e. The lowest BCUT2D eigenvalue weighted by atomic mass is 10.0. The van der Waals surface area contributed by atoms with Crippen molar-refractivity contribution in [1.29, 1.82) is 0 Å². The predicted molar refractivity (Wildman–Crippen MR) is 127 cm³/mol. The first-order chi connectivity index (χ1) is 15.3. The summed E-state index contributed by atoms with van der Waals surface area (Å²) in [6.07, 6.45) is 5.25. The lowest BCUT2D eigenvalue weighted by Crippen LogP contribution is -2.43. The predicted octanol–water partition coefficient (Wildman–Crippen LogP) is 3.49. The van der Waals surface area contributed by atoms with Gasteiger partial charge in [-0.15, -0.1) is 0 Å². The molecule has 7 heteroatoms. The number of amides is 1. The third-order valence-electron chi connectivity index (χ3n) is 5.82. The molecule has 3 aromatic rings. The van der Waals surface area contributed by atoms with E-state index in [0.717, 1.165) is 22.4 Å². The fraction of sp³-hybridized carbons (Fsp3) is 0.280. The third-order valence-corrected chi connectivity index (χ3v) is 7.43. The molecule has 0 bridgehead atoms. The third kappa shape index (κ3) is 5.16. The molecule has 0 radical (unpaired) electrons. The van der Waals surface area contributed by atoms with Crippen LogP contribution in [0.15, 0.2) is 60.8 Å². The molecule has 2 heterocycles. The Bertz CT molecular complexity index is 1250. The topological polar surface area (TPSA) is 72.3 Å². The summed E-state index contributed by atoms with van der Waals surface area (Å²) in [7, 11) is -3.02. The number of benzene rings is 2. The van der Waals surface area contributed by atoms with Gasteiger partial charge in [-0.3, -0.25) is 9.48 Å². The molecule has 0 saturated carbocycles. The van der Waals surface area contributed by atoms with Gasteiger partial charge in [-0.2, -0.15) is 5.10 Å². The molecule has 0 unspecified atom stereocenters. The van der Waals surface area contributed by atoms with Crippen LogP contribution in [-0.4, -0.2) is 53.6 Å². The summed E-state index contributed by atoms with van der Waals surface area (Å²) >= 11 is 0. The maximum Gasteiger partial charge on any atom is 0.246 e. The Kier molecular flexibility index (Phi) is 6.28. The van der Waals surface area contributed by atoms with Gasteiger partial charge in [0.2, 0.25) is 5.91 Å². The zero-order valence-electron chi connectivity index (χ0n) is 18.4. The summed E-state index contributed by atoms with van der Waals surface area (Å²) in [4.78, 5) is 14.2. The fourth-order valence-corrected chi connectivity index (χ4v) is 4.92. The first-order valence-electron chi connectivity index (χ1n) is 10.7. The first kappa shape index (κ1) is 22.0. The Labute approximate surface area is 189 Å². The monoisotopic (exact) mass is 449 g/mol. The molecule has 2 aromatic carbocycles. The van der Waals surface area contributed by atoms with Gasteiger partial charge in [0, 0.05) is 36.5 Å². The second-order valence-corrected chi connectivity index (χ2v) is 10.5.